The molecule has 36 heavy (non-hydrogen) atoms. The summed E-state index contributed by atoms with van der Waals surface area (Å²) in [6.07, 6.45) is -0.739. The van der Waals surface area contributed by atoms with Crippen molar-refractivity contribution in [2.45, 2.75) is 71.8 Å². The third kappa shape index (κ3) is 5.60. The number of ether oxygens (including phenoxy) is 2. The maximum Gasteiger partial charge on any atom is 0.333 e. The molecule has 0 unspecified atom stereocenters. The van der Waals surface area contributed by atoms with Crippen molar-refractivity contribution in [3.63, 3.8) is 0 Å². The normalized spacial score (nSPS) is 13.1. The number of carboxylic acids is 1. The number of nitrogens with zero attached hydrogens (tertiary/aromatic N) is 2. The van der Waals surface area contributed by atoms with E-state index in [1.807, 2.05) is 51.1 Å². The number of rotatable bonds is 9. The van der Waals surface area contributed by atoms with Crippen LogP contribution >= 0.6 is 11.3 Å². The second kappa shape index (κ2) is 10.4. The molecule has 0 aliphatic heterocycles. The zero-order valence-electron chi connectivity index (χ0n) is 21.4. The van der Waals surface area contributed by atoms with Crippen LogP contribution in [0, 0.1) is 0 Å². The van der Waals surface area contributed by atoms with Gasteiger partial charge in [-0.1, -0.05) is 30.3 Å². The number of carbonyl (C=O) groups excluding carboxylic acids is 1. The number of hydrogen-bond donors (Lipinski definition) is 1. The van der Waals surface area contributed by atoms with E-state index in [9.17, 15) is 24.3 Å². The summed E-state index contributed by atoms with van der Waals surface area (Å²) in [6.45, 7) is 10.2. The van der Waals surface area contributed by atoms with Gasteiger partial charge in [-0.05, 0) is 58.0 Å². The lowest BCUT2D eigenvalue weighted by Gasteiger charge is -2.29. The van der Waals surface area contributed by atoms with Gasteiger partial charge in [0.1, 0.15) is 16.5 Å². The van der Waals surface area contributed by atoms with Gasteiger partial charge in [0.15, 0.2) is 0 Å². The highest BCUT2D eigenvalue weighted by Gasteiger charge is 2.36. The summed E-state index contributed by atoms with van der Waals surface area (Å²) in [5, 5.41) is 11.6. The summed E-state index contributed by atoms with van der Waals surface area (Å²) in [5.41, 5.74) is -2.70. The molecule has 1 aromatic carbocycles. The van der Waals surface area contributed by atoms with Gasteiger partial charge < -0.3 is 14.6 Å². The summed E-state index contributed by atoms with van der Waals surface area (Å²) >= 11 is 1.15. The lowest BCUT2D eigenvalue weighted by molar-refractivity contribution is -0.146. The zero-order chi connectivity index (χ0) is 26.8. The second-order valence-corrected chi connectivity index (χ2v) is 10.8. The van der Waals surface area contributed by atoms with Gasteiger partial charge in [-0.2, -0.15) is 0 Å². The second-order valence-electron chi connectivity index (χ2n) is 9.95. The van der Waals surface area contributed by atoms with E-state index in [0.29, 0.717) is 10.4 Å². The smallest absolute Gasteiger partial charge is 0.333 e. The van der Waals surface area contributed by atoms with Crippen molar-refractivity contribution in [1.82, 2.24) is 9.13 Å². The topological polar surface area (TPSA) is 117 Å². The number of thiophene rings is 1. The van der Waals surface area contributed by atoms with Crippen molar-refractivity contribution < 1.29 is 24.2 Å². The van der Waals surface area contributed by atoms with E-state index in [1.165, 1.54) is 18.4 Å². The molecule has 9 nitrogen and oxygen atoms in total. The monoisotopic (exact) mass is 516 g/mol. The molecule has 0 aliphatic carbocycles. The van der Waals surface area contributed by atoms with E-state index in [1.54, 1.807) is 12.3 Å². The molecule has 1 N–H and O–H groups in total. The van der Waals surface area contributed by atoms with Crippen LogP contribution in [0.1, 0.15) is 58.8 Å². The maximum absolute atomic E-state index is 13.7. The van der Waals surface area contributed by atoms with Crippen molar-refractivity contribution >= 4 is 33.5 Å². The maximum atomic E-state index is 13.7. The van der Waals surface area contributed by atoms with Gasteiger partial charge >= 0.3 is 17.6 Å². The van der Waals surface area contributed by atoms with Crippen LogP contribution in [-0.4, -0.2) is 38.4 Å². The Hall–Kier alpha value is -3.24. The molecule has 1 atom stereocenters. The van der Waals surface area contributed by atoms with Gasteiger partial charge in [-0.3, -0.25) is 14.2 Å². The fraction of sp³-hybridized carbons (Fsp3) is 0.462. The molecule has 2 heterocycles. The highest BCUT2D eigenvalue weighted by molar-refractivity contribution is 7.17. The highest BCUT2D eigenvalue weighted by Crippen LogP contribution is 2.29. The fourth-order valence-corrected chi connectivity index (χ4v) is 5.01. The van der Waals surface area contributed by atoms with Gasteiger partial charge in [0.05, 0.1) is 30.6 Å². The molecule has 0 spiro atoms. The molecule has 194 valence electrons. The van der Waals surface area contributed by atoms with Crippen LogP contribution in [0.5, 0.6) is 0 Å². The Kier molecular flexibility index (Phi) is 7.90. The first-order valence-electron chi connectivity index (χ1n) is 11.7. The Morgan fingerprint density at radius 1 is 1.08 bits per heavy atom. The van der Waals surface area contributed by atoms with Gasteiger partial charge in [-0.15, -0.1) is 11.3 Å². The summed E-state index contributed by atoms with van der Waals surface area (Å²) in [7, 11) is 0. The number of hydrogen-bond acceptors (Lipinski definition) is 7. The molecular formula is C26H32N2O7S. The number of fused-ring (bicyclic) bond motifs is 1. The highest BCUT2D eigenvalue weighted by atomic mass is 32.1. The number of esters is 1. The molecule has 0 saturated carbocycles. The number of aliphatic carboxylic acids is 1. The van der Waals surface area contributed by atoms with E-state index >= 15 is 0 Å². The van der Waals surface area contributed by atoms with Crippen molar-refractivity contribution in [1.29, 1.82) is 0 Å². The summed E-state index contributed by atoms with van der Waals surface area (Å²) in [6, 6.07) is 9.37. The summed E-state index contributed by atoms with van der Waals surface area (Å²) in [5.74, 6) is -1.85. The number of carbonyl (C=O) groups is 2. The van der Waals surface area contributed by atoms with Crippen LogP contribution in [0.25, 0.3) is 10.2 Å². The largest absolute Gasteiger partial charge is 0.480 e. The first kappa shape index (κ1) is 27.3. The van der Waals surface area contributed by atoms with E-state index in [-0.39, 0.29) is 25.0 Å². The van der Waals surface area contributed by atoms with Gasteiger partial charge in [0, 0.05) is 0 Å². The van der Waals surface area contributed by atoms with Gasteiger partial charge in [-0.25, -0.2) is 14.2 Å². The van der Waals surface area contributed by atoms with Crippen LogP contribution < -0.4 is 11.2 Å². The summed E-state index contributed by atoms with van der Waals surface area (Å²) in [4.78, 5) is 52.0. The molecule has 0 bridgehead atoms. The average Bonchev–Trinajstić information content (AvgIpc) is 3.19. The minimum atomic E-state index is -1.83. The van der Waals surface area contributed by atoms with Crippen molar-refractivity contribution in [3.8, 4) is 0 Å². The zero-order valence-corrected chi connectivity index (χ0v) is 22.2. The van der Waals surface area contributed by atoms with Crippen LogP contribution in [0.2, 0.25) is 0 Å². The standard InChI is InChI=1S/C26H32N2O7S/c1-7-34-19(29)13-17-15-36-22-20(17)21(30)28(26(5,6)23(31)32)24(33)27(22)14-18(35-25(2,3)4)16-11-9-8-10-12-16/h8-12,15,18H,7,13-14H2,1-6H3,(H,31,32)/t18-/m0/s1. The van der Waals surface area contributed by atoms with Crippen molar-refractivity contribution in [3.05, 3.63) is 67.7 Å². The Balaban J connectivity index is 2.31. The quantitative estimate of drug-likeness (QED) is 0.431. The lowest BCUT2D eigenvalue weighted by Crippen LogP contribution is -2.52. The molecule has 2 aromatic heterocycles. The Morgan fingerprint density at radius 3 is 2.28 bits per heavy atom. The Labute approximate surface area is 212 Å². The minimum Gasteiger partial charge on any atom is -0.480 e. The van der Waals surface area contributed by atoms with Crippen LogP contribution in [0.3, 0.4) is 0 Å². The Bertz CT molecular complexity index is 1380. The van der Waals surface area contributed by atoms with Gasteiger partial charge in [0.2, 0.25) is 0 Å². The average molecular weight is 517 g/mol. The van der Waals surface area contributed by atoms with Crippen molar-refractivity contribution in [2.75, 3.05) is 6.61 Å². The number of carboxylic acid groups (broad SMARTS) is 1. The molecule has 10 heteroatoms. The predicted molar refractivity (Wildman–Crippen MR) is 138 cm³/mol. The molecule has 0 radical (unpaired) electrons. The third-order valence-electron chi connectivity index (χ3n) is 5.67. The summed E-state index contributed by atoms with van der Waals surface area (Å²) < 4.78 is 13.5. The number of benzene rings is 1. The van der Waals surface area contributed by atoms with Crippen molar-refractivity contribution in [2.24, 2.45) is 0 Å². The van der Waals surface area contributed by atoms with Gasteiger partial charge in [0.25, 0.3) is 5.56 Å². The minimum absolute atomic E-state index is 0.0337. The van der Waals surface area contributed by atoms with Crippen LogP contribution in [-0.2, 0) is 37.6 Å². The van der Waals surface area contributed by atoms with E-state index < -0.39 is 40.4 Å². The van der Waals surface area contributed by atoms with E-state index in [2.05, 4.69) is 0 Å². The van der Waals surface area contributed by atoms with E-state index in [4.69, 9.17) is 9.47 Å². The van der Waals surface area contributed by atoms with Crippen LogP contribution in [0.4, 0.5) is 0 Å². The Morgan fingerprint density at radius 2 is 1.72 bits per heavy atom. The van der Waals surface area contributed by atoms with E-state index in [0.717, 1.165) is 21.5 Å². The molecule has 0 fully saturated rings. The SMILES string of the molecule is CCOC(=O)Cc1csc2c1c(=O)n(C(C)(C)C(=O)O)c(=O)n2C[C@H](OC(C)(C)C)c1ccccc1. The first-order valence-corrected chi connectivity index (χ1v) is 12.5. The van der Waals surface area contributed by atoms with Crippen LogP contribution in [0.15, 0.2) is 45.3 Å². The molecule has 0 saturated heterocycles. The lowest BCUT2D eigenvalue weighted by atomic mass is 10.0. The molecule has 3 aromatic rings. The molecule has 3 rings (SSSR count). The number of aromatic nitrogens is 2. The molecular weight excluding hydrogens is 484 g/mol. The predicted octanol–water partition coefficient (Wildman–Crippen LogP) is 3.71. The third-order valence-corrected chi connectivity index (χ3v) is 6.72. The first-order chi connectivity index (χ1) is 16.8. The molecule has 0 amide bonds. The molecule has 0 aliphatic rings. The fourth-order valence-electron chi connectivity index (χ4n) is 3.93.